The highest BCUT2D eigenvalue weighted by atomic mass is 19.1. The predicted molar refractivity (Wildman–Crippen MR) is 75.6 cm³/mol. The van der Waals surface area contributed by atoms with E-state index in [0.717, 1.165) is 0 Å². The number of piperazine rings is 1. The molecule has 1 aliphatic heterocycles. The van der Waals surface area contributed by atoms with Crippen molar-refractivity contribution in [2.45, 2.75) is 12.8 Å². The SMILES string of the molecule is C[C@H](CN)c1cc(F)c(N2CCN(C(=O)O)CC2)cc1F. The van der Waals surface area contributed by atoms with Gasteiger partial charge in [-0.2, -0.15) is 0 Å². The zero-order valence-corrected chi connectivity index (χ0v) is 11.9. The summed E-state index contributed by atoms with van der Waals surface area (Å²) in [6.45, 7) is 3.22. The quantitative estimate of drug-likeness (QED) is 0.893. The van der Waals surface area contributed by atoms with Gasteiger partial charge in [0.25, 0.3) is 0 Å². The van der Waals surface area contributed by atoms with Gasteiger partial charge in [-0.1, -0.05) is 6.92 Å². The van der Waals surface area contributed by atoms with Crippen molar-refractivity contribution in [3.63, 3.8) is 0 Å². The summed E-state index contributed by atoms with van der Waals surface area (Å²) < 4.78 is 28.3. The van der Waals surface area contributed by atoms with Crippen LogP contribution >= 0.6 is 0 Å². The first-order valence-corrected chi connectivity index (χ1v) is 6.86. The first-order chi connectivity index (χ1) is 9.93. The lowest BCUT2D eigenvalue weighted by Crippen LogP contribution is -2.48. The second kappa shape index (κ2) is 6.26. The lowest BCUT2D eigenvalue weighted by Gasteiger charge is -2.35. The van der Waals surface area contributed by atoms with Crippen molar-refractivity contribution in [3.8, 4) is 0 Å². The number of nitrogens with two attached hydrogens (primary N) is 1. The molecule has 1 atom stereocenters. The van der Waals surface area contributed by atoms with Crippen molar-refractivity contribution in [3.05, 3.63) is 29.3 Å². The molecule has 0 bridgehead atoms. The Morgan fingerprint density at radius 1 is 1.29 bits per heavy atom. The number of halogens is 2. The fraction of sp³-hybridized carbons (Fsp3) is 0.500. The molecule has 1 aromatic rings. The Hall–Kier alpha value is -1.89. The van der Waals surface area contributed by atoms with Crippen LogP contribution < -0.4 is 10.6 Å². The summed E-state index contributed by atoms with van der Waals surface area (Å²) in [5, 5.41) is 8.88. The Bertz CT molecular complexity index is 531. The average molecular weight is 299 g/mol. The minimum absolute atomic E-state index is 0.172. The topological polar surface area (TPSA) is 69.8 Å². The van der Waals surface area contributed by atoms with Crippen molar-refractivity contribution in [2.24, 2.45) is 5.73 Å². The van der Waals surface area contributed by atoms with Crippen LogP contribution in [0.25, 0.3) is 0 Å². The summed E-state index contributed by atoms with van der Waals surface area (Å²) in [5.74, 6) is -1.24. The number of anilines is 1. The monoisotopic (exact) mass is 299 g/mol. The van der Waals surface area contributed by atoms with E-state index in [0.29, 0.717) is 13.1 Å². The Morgan fingerprint density at radius 2 is 1.90 bits per heavy atom. The van der Waals surface area contributed by atoms with Gasteiger partial charge in [0.2, 0.25) is 0 Å². The van der Waals surface area contributed by atoms with E-state index in [2.05, 4.69) is 0 Å². The minimum atomic E-state index is -0.992. The summed E-state index contributed by atoms with van der Waals surface area (Å²) in [6, 6.07) is 2.36. The Kier molecular flexibility index (Phi) is 4.62. The third-order valence-corrected chi connectivity index (χ3v) is 3.84. The molecule has 0 saturated carbocycles. The molecule has 1 heterocycles. The molecule has 0 radical (unpaired) electrons. The maximum absolute atomic E-state index is 14.2. The molecule has 1 fully saturated rings. The third kappa shape index (κ3) is 3.24. The molecule has 0 aliphatic carbocycles. The first kappa shape index (κ1) is 15.5. The smallest absolute Gasteiger partial charge is 0.407 e. The molecule has 0 unspecified atom stereocenters. The van der Waals surface area contributed by atoms with E-state index < -0.39 is 17.7 Å². The largest absolute Gasteiger partial charge is 0.465 e. The van der Waals surface area contributed by atoms with Crippen LogP contribution in [0.15, 0.2) is 12.1 Å². The first-order valence-electron chi connectivity index (χ1n) is 6.86. The third-order valence-electron chi connectivity index (χ3n) is 3.84. The van der Waals surface area contributed by atoms with Crippen molar-refractivity contribution in [1.29, 1.82) is 0 Å². The number of hydrogen-bond acceptors (Lipinski definition) is 3. The number of benzene rings is 1. The van der Waals surface area contributed by atoms with Crippen LogP contribution in [-0.2, 0) is 0 Å². The number of rotatable bonds is 3. The molecule has 21 heavy (non-hydrogen) atoms. The second-order valence-corrected chi connectivity index (χ2v) is 5.22. The molecular formula is C14H19F2N3O2. The highest BCUT2D eigenvalue weighted by Crippen LogP contribution is 2.27. The lowest BCUT2D eigenvalue weighted by atomic mass is 10.00. The van der Waals surface area contributed by atoms with E-state index in [1.807, 2.05) is 0 Å². The van der Waals surface area contributed by atoms with Crippen LogP contribution in [0.4, 0.5) is 19.3 Å². The number of carboxylic acid groups (broad SMARTS) is 1. The predicted octanol–water partition coefficient (Wildman–Crippen LogP) is 1.83. The summed E-state index contributed by atoms with van der Waals surface area (Å²) in [6.07, 6.45) is -0.992. The average Bonchev–Trinajstić information content (AvgIpc) is 2.48. The lowest BCUT2D eigenvalue weighted by molar-refractivity contribution is 0.142. The van der Waals surface area contributed by atoms with Crippen molar-refractivity contribution < 1.29 is 18.7 Å². The molecule has 116 valence electrons. The Balaban J connectivity index is 2.18. The minimum Gasteiger partial charge on any atom is -0.465 e. The molecular weight excluding hydrogens is 280 g/mol. The summed E-state index contributed by atoms with van der Waals surface area (Å²) in [7, 11) is 0. The van der Waals surface area contributed by atoms with E-state index in [4.69, 9.17) is 10.8 Å². The molecule has 1 amide bonds. The molecule has 5 nitrogen and oxygen atoms in total. The summed E-state index contributed by atoms with van der Waals surface area (Å²) >= 11 is 0. The van der Waals surface area contributed by atoms with Crippen LogP contribution in [-0.4, -0.2) is 48.8 Å². The van der Waals surface area contributed by atoms with E-state index in [1.165, 1.54) is 17.0 Å². The van der Waals surface area contributed by atoms with E-state index in [1.54, 1.807) is 11.8 Å². The molecule has 0 aromatic heterocycles. The van der Waals surface area contributed by atoms with Crippen LogP contribution in [0.3, 0.4) is 0 Å². The van der Waals surface area contributed by atoms with Gasteiger partial charge in [-0.3, -0.25) is 0 Å². The van der Waals surface area contributed by atoms with Gasteiger partial charge >= 0.3 is 6.09 Å². The van der Waals surface area contributed by atoms with Crippen molar-refractivity contribution >= 4 is 11.8 Å². The van der Waals surface area contributed by atoms with Gasteiger partial charge in [0.1, 0.15) is 11.6 Å². The molecule has 7 heteroatoms. The summed E-state index contributed by atoms with van der Waals surface area (Å²) in [4.78, 5) is 13.8. The number of nitrogens with zero attached hydrogens (tertiary/aromatic N) is 2. The van der Waals surface area contributed by atoms with Crippen LogP contribution in [0.5, 0.6) is 0 Å². The van der Waals surface area contributed by atoms with Gasteiger partial charge in [0, 0.05) is 32.2 Å². The molecule has 3 N–H and O–H groups in total. The van der Waals surface area contributed by atoms with Crippen molar-refractivity contribution in [1.82, 2.24) is 4.90 Å². The maximum atomic E-state index is 14.2. The Morgan fingerprint density at radius 3 is 2.43 bits per heavy atom. The zero-order chi connectivity index (χ0) is 15.6. The number of hydrogen-bond donors (Lipinski definition) is 2. The van der Waals surface area contributed by atoms with Crippen LogP contribution in [0.2, 0.25) is 0 Å². The van der Waals surface area contributed by atoms with E-state index in [-0.39, 0.29) is 36.8 Å². The molecule has 1 saturated heterocycles. The molecule has 1 aromatic carbocycles. The highest BCUT2D eigenvalue weighted by Gasteiger charge is 2.24. The number of carbonyl (C=O) groups is 1. The standard InChI is InChI=1S/C14H19F2N3O2/c1-9(8-17)10-6-12(16)13(7-11(10)15)18-2-4-19(5-3-18)14(20)21/h6-7,9H,2-5,8,17H2,1H3,(H,20,21)/t9-/m1/s1. The summed E-state index contributed by atoms with van der Waals surface area (Å²) in [5.41, 5.74) is 5.93. The highest BCUT2D eigenvalue weighted by molar-refractivity contribution is 5.65. The van der Waals surface area contributed by atoms with E-state index in [9.17, 15) is 13.6 Å². The normalized spacial score (nSPS) is 17.0. The number of amides is 1. The zero-order valence-electron chi connectivity index (χ0n) is 11.9. The van der Waals surface area contributed by atoms with Gasteiger partial charge < -0.3 is 20.6 Å². The maximum Gasteiger partial charge on any atom is 0.407 e. The van der Waals surface area contributed by atoms with Gasteiger partial charge in [-0.25, -0.2) is 13.6 Å². The fourth-order valence-corrected chi connectivity index (χ4v) is 2.44. The van der Waals surface area contributed by atoms with E-state index >= 15 is 0 Å². The van der Waals surface area contributed by atoms with Gasteiger partial charge in [-0.15, -0.1) is 0 Å². The molecule has 2 rings (SSSR count). The van der Waals surface area contributed by atoms with Gasteiger partial charge in [0.15, 0.2) is 0 Å². The molecule has 0 spiro atoms. The van der Waals surface area contributed by atoms with Crippen LogP contribution in [0, 0.1) is 11.6 Å². The van der Waals surface area contributed by atoms with Gasteiger partial charge in [-0.05, 0) is 24.1 Å². The van der Waals surface area contributed by atoms with Crippen molar-refractivity contribution in [2.75, 3.05) is 37.6 Å². The molecule has 1 aliphatic rings. The Labute approximate surface area is 121 Å². The fourth-order valence-electron chi connectivity index (χ4n) is 2.44. The van der Waals surface area contributed by atoms with Crippen LogP contribution in [0.1, 0.15) is 18.4 Å². The van der Waals surface area contributed by atoms with Gasteiger partial charge in [0.05, 0.1) is 5.69 Å². The second-order valence-electron chi connectivity index (χ2n) is 5.22.